The maximum absolute atomic E-state index is 12.7. The van der Waals surface area contributed by atoms with E-state index in [4.69, 9.17) is 17.3 Å². The molecule has 0 atom stereocenters. The first-order chi connectivity index (χ1) is 12.7. The van der Waals surface area contributed by atoms with Crippen molar-refractivity contribution < 1.29 is 13.2 Å². The summed E-state index contributed by atoms with van der Waals surface area (Å²) in [7, 11) is 0. The molecule has 3 heterocycles. The van der Waals surface area contributed by atoms with Crippen molar-refractivity contribution in [2.45, 2.75) is 13.1 Å². The van der Waals surface area contributed by atoms with Gasteiger partial charge in [0.15, 0.2) is 11.6 Å². The summed E-state index contributed by atoms with van der Waals surface area (Å²) in [5.41, 5.74) is 6.19. The van der Waals surface area contributed by atoms with Gasteiger partial charge >= 0.3 is 6.18 Å². The molecular weight excluding hydrogens is 383 g/mol. The minimum atomic E-state index is -4.54. The molecule has 4 N–H and O–H groups in total. The molecule has 3 aromatic rings. The topological polar surface area (TPSA) is 102 Å². The third-order valence-corrected chi connectivity index (χ3v) is 3.74. The Hall–Kier alpha value is -3.14. The van der Waals surface area contributed by atoms with Crippen molar-refractivity contribution in [3.05, 3.63) is 53.1 Å². The third-order valence-electron chi connectivity index (χ3n) is 3.45. The molecule has 11 heteroatoms. The number of aromatic nitrogens is 4. The molecule has 0 amide bonds. The van der Waals surface area contributed by atoms with E-state index in [9.17, 15) is 13.2 Å². The molecule has 0 radical (unpaired) electrons. The van der Waals surface area contributed by atoms with E-state index in [0.29, 0.717) is 12.0 Å². The number of hydrogen-bond donors (Lipinski definition) is 3. The van der Waals surface area contributed by atoms with Crippen LogP contribution in [0.25, 0.3) is 0 Å². The highest BCUT2D eigenvalue weighted by Gasteiger charge is 2.31. The lowest BCUT2D eigenvalue weighted by molar-refractivity contribution is -0.137. The minimum Gasteiger partial charge on any atom is -0.393 e. The predicted octanol–water partition coefficient (Wildman–Crippen LogP) is 4.32. The van der Waals surface area contributed by atoms with Gasteiger partial charge in [-0.3, -0.25) is 0 Å². The number of nitrogens with zero attached hydrogens (tertiary/aromatic N) is 4. The summed E-state index contributed by atoms with van der Waals surface area (Å²) in [6, 6.07) is 4.40. The smallest absolute Gasteiger partial charge is 0.393 e. The lowest BCUT2D eigenvalue weighted by atomic mass is 10.2. The number of aryl methyl sites for hydroxylation is 1. The molecule has 0 fully saturated rings. The number of pyridine rings is 2. The molecule has 140 valence electrons. The number of hydrogen-bond acceptors (Lipinski definition) is 7. The lowest BCUT2D eigenvalue weighted by Gasteiger charge is -2.13. The summed E-state index contributed by atoms with van der Waals surface area (Å²) < 4.78 is 38.1. The van der Waals surface area contributed by atoms with Gasteiger partial charge in [-0.25, -0.2) is 19.9 Å². The Kier molecular flexibility index (Phi) is 5.00. The van der Waals surface area contributed by atoms with E-state index in [-0.39, 0.29) is 28.2 Å². The molecule has 0 saturated carbocycles. The molecule has 0 unspecified atom stereocenters. The van der Waals surface area contributed by atoms with Gasteiger partial charge in [-0.2, -0.15) is 13.2 Å². The van der Waals surface area contributed by atoms with Crippen LogP contribution < -0.4 is 16.4 Å². The Morgan fingerprint density at radius 1 is 1.00 bits per heavy atom. The fraction of sp³-hybridized carbons (Fsp3) is 0.125. The average Bonchev–Trinajstić information content (AvgIpc) is 2.59. The van der Waals surface area contributed by atoms with E-state index in [1.165, 1.54) is 6.33 Å². The fourth-order valence-corrected chi connectivity index (χ4v) is 2.33. The monoisotopic (exact) mass is 395 g/mol. The van der Waals surface area contributed by atoms with Crippen LogP contribution in [0.15, 0.2) is 36.9 Å². The summed E-state index contributed by atoms with van der Waals surface area (Å²) >= 11 is 5.89. The maximum Gasteiger partial charge on any atom is 0.417 e. The average molecular weight is 396 g/mol. The highest BCUT2D eigenvalue weighted by Crippen LogP contribution is 2.34. The first kappa shape index (κ1) is 18.6. The standard InChI is InChI=1S/C16H13ClF3N7/c1-8-2-3-22-11(4-8)26-14-12(21)15(25-7-24-14)27-13-10(17)5-9(6-23-13)16(18,19)20/h2-7H,21H2,1H3,(H2,22,23,24,25,26,27). The molecule has 0 aliphatic heterocycles. The second-order valence-electron chi connectivity index (χ2n) is 5.51. The van der Waals surface area contributed by atoms with E-state index >= 15 is 0 Å². The Labute approximate surface area is 156 Å². The molecule has 7 nitrogen and oxygen atoms in total. The normalized spacial score (nSPS) is 11.3. The zero-order valence-corrected chi connectivity index (χ0v) is 14.6. The van der Waals surface area contributed by atoms with Crippen LogP contribution in [0.2, 0.25) is 5.02 Å². The number of nitrogens with one attached hydrogen (secondary N) is 2. The Morgan fingerprint density at radius 3 is 2.33 bits per heavy atom. The van der Waals surface area contributed by atoms with Gasteiger partial charge in [0.1, 0.15) is 23.7 Å². The van der Waals surface area contributed by atoms with Gasteiger partial charge in [-0.15, -0.1) is 0 Å². The Bertz CT molecular complexity index is 978. The number of nitrogen functional groups attached to an aromatic ring is 1. The fourth-order valence-electron chi connectivity index (χ4n) is 2.12. The van der Waals surface area contributed by atoms with Crippen molar-refractivity contribution in [1.29, 1.82) is 0 Å². The van der Waals surface area contributed by atoms with Gasteiger partial charge in [0.05, 0.1) is 10.6 Å². The van der Waals surface area contributed by atoms with Crippen molar-refractivity contribution in [2.75, 3.05) is 16.4 Å². The SMILES string of the molecule is Cc1ccnc(Nc2ncnc(Nc3ncc(C(F)(F)F)cc3Cl)c2N)c1. The van der Waals surface area contributed by atoms with E-state index in [0.717, 1.165) is 11.6 Å². The second kappa shape index (κ2) is 7.23. The van der Waals surface area contributed by atoms with E-state index in [1.54, 1.807) is 12.3 Å². The number of nitrogens with two attached hydrogens (primary N) is 1. The first-order valence-corrected chi connectivity index (χ1v) is 7.92. The van der Waals surface area contributed by atoms with Crippen molar-refractivity contribution >= 4 is 40.6 Å². The van der Waals surface area contributed by atoms with E-state index < -0.39 is 11.7 Å². The summed E-state index contributed by atoms with van der Waals surface area (Å²) in [6.07, 6.45) is -1.02. The van der Waals surface area contributed by atoms with Crippen molar-refractivity contribution in [3.63, 3.8) is 0 Å². The van der Waals surface area contributed by atoms with Crippen molar-refractivity contribution in [2.24, 2.45) is 0 Å². The molecule has 0 aliphatic carbocycles. The van der Waals surface area contributed by atoms with Crippen LogP contribution in [0.4, 0.5) is 42.1 Å². The highest BCUT2D eigenvalue weighted by atomic mass is 35.5. The van der Waals surface area contributed by atoms with Crippen LogP contribution in [0.3, 0.4) is 0 Å². The summed E-state index contributed by atoms with van der Waals surface area (Å²) in [5, 5.41) is 5.44. The van der Waals surface area contributed by atoms with Crippen LogP contribution in [0.1, 0.15) is 11.1 Å². The molecule has 0 aromatic carbocycles. The number of rotatable bonds is 4. The van der Waals surface area contributed by atoms with Crippen LogP contribution in [-0.2, 0) is 6.18 Å². The zero-order valence-electron chi connectivity index (χ0n) is 13.8. The number of halogens is 4. The van der Waals surface area contributed by atoms with E-state index in [1.807, 2.05) is 13.0 Å². The molecule has 0 saturated heterocycles. The first-order valence-electron chi connectivity index (χ1n) is 7.54. The molecule has 0 spiro atoms. The van der Waals surface area contributed by atoms with Crippen LogP contribution >= 0.6 is 11.6 Å². The van der Waals surface area contributed by atoms with Gasteiger partial charge in [0, 0.05) is 12.4 Å². The summed E-state index contributed by atoms with van der Waals surface area (Å²) in [4.78, 5) is 15.9. The largest absolute Gasteiger partial charge is 0.417 e. The zero-order chi connectivity index (χ0) is 19.6. The van der Waals surface area contributed by atoms with E-state index in [2.05, 4.69) is 30.6 Å². The molecule has 27 heavy (non-hydrogen) atoms. The summed E-state index contributed by atoms with van der Waals surface area (Å²) in [6.45, 7) is 1.90. The maximum atomic E-state index is 12.7. The third kappa shape index (κ3) is 4.34. The quantitative estimate of drug-likeness (QED) is 0.604. The molecule has 3 rings (SSSR count). The lowest BCUT2D eigenvalue weighted by Crippen LogP contribution is -2.09. The molecular formula is C16H13ClF3N7. The van der Waals surface area contributed by atoms with Gasteiger partial charge in [0.25, 0.3) is 0 Å². The van der Waals surface area contributed by atoms with Gasteiger partial charge in [-0.1, -0.05) is 11.6 Å². The Balaban J connectivity index is 1.86. The van der Waals surface area contributed by atoms with Crippen molar-refractivity contribution in [1.82, 2.24) is 19.9 Å². The minimum absolute atomic E-state index is 0.0188. The van der Waals surface area contributed by atoms with Crippen LogP contribution in [0, 0.1) is 6.92 Å². The second-order valence-corrected chi connectivity index (χ2v) is 5.91. The predicted molar refractivity (Wildman–Crippen MR) is 96.2 cm³/mol. The highest BCUT2D eigenvalue weighted by molar-refractivity contribution is 6.33. The Morgan fingerprint density at radius 2 is 1.70 bits per heavy atom. The van der Waals surface area contributed by atoms with Gasteiger partial charge < -0.3 is 16.4 Å². The number of alkyl halides is 3. The molecule has 0 bridgehead atoms. The summed E-state index contributed by atoms with van der Waals surface area (Å²) in [5.74, 6) is 0.912. The molecule has 0 aliphatic rings. The van der Waals surface area contributed by atoms with Gasteiger partial charge in [0.2, 0.25) is 0 Å². The molecule has 3 aromatic heterocycles. The van der Waals surface area contributed by atoms with Crippen LogP contribution in [-0.4, -0.2) is 19.9 Å². The number of anilines is 5. The van der Waals surface area contributed by atoms with Crippen LogP contribution in [0.5, 0.6) is 0 Å². The van der Waals surface area contributed by atoms with Gasteiger partial charge in [-0.05, 0) is 30.7 Å². The van der Waals surface area contributed by atoms with Crippen molar-refractivity contribution in [3.8, 4) is 0 Å².